The van der Waals surface area contributed by atoms with E-state index in [-0.39, 0.29) is 12.4 Å². The van der Waals surface area contributed by atoms with Gasteiger partial charge in [0.2, 0.25) is 0 Å². The topological polar surface area (TPSA) is 81.0 Å². The first-order valence-corrected chi connectivity index (χ1v) is 6.06. The summed E-state index contributed by atoms with van der Waals surface area (Å²) in [5.74, 6) is -0.208. The number of nitrogens with zero attached hydrogens (tertiary/aromatic N) is 1. The Balaban J connectivity index is 2.24. The minimum absolute atomic E-state index is 0.208. The monoisotopic (exact) mass is 247 g/mol. The Labute approximate surface area is 105 Å². The van der Waals surface area contributed by atoms with Gasteiger partial charge in [0.1, 0.15) is 0 Å². The molecule has 1 aromatic carbocycles. The number of hydrogen-bond donors (Lipinski definition) is 2. The molecule has 0 amide bonds. The summed E-state index contributed by atoms with van der Waals surface area (Å²) in [5, 5.41) is 8.21. The minimum atomic E-state index is -0.208. The van der Waals surface area contributed by atoms with Crippen LogP contribution in [0.3, 0.4) is 0 Å². The molecule has 2 aromatic rings. The second kappa shape index (κ2) is 5.64. The summed E-state index contributed by atoms with van der Waals surface area (Å²) in [6.07, 6.45) is 1.01. The van der Waals surface area contributed by atoms with E-state index in [9.17, 15) is 4.79 Å². The predicted octanol–water partition coefficient (Wildman–Crippen LogP) is 1.17. The normalized spacial score (nSPS) is 10.8. The number of esters is 1. The summed E-state index contributed by atoms with van der Waals surface area (Å²) < 4.78 is 4.93. The van der Waals surface area contributed by atoms with Gasteiger partial charge >= 0.3 is 5.97 Å². The SMILES string of the molecule is CCOC(=O)Cc1ccc2[nH]nc(CCN)c2c1. The zero-order valence-corrected chi connectivity index (χ0v) is 10.4. The molecule has 0 radical (unpaired) electrons. The molecular weight excluding hydrogens is 230 g/mol. The number of nitrogens with two attached hydrogens (primary N) is 1. The van der Waals surface area contributed by atoms with Crippen LogP contribution in [0.2, 0.25) is 0 Å². The molecule has 0 bridgehead atoms. The molecular formula is C13H17N3O2. The van der Waals surface area contributed by atoms with Crippen molar-refractivity contribution in [3.8, 4) is 0 Å². The highest BCUT2D eigenvalue weighted by atomic mass is 16.5. The Kier molecular flexibility index (Phi) is 3.94. The molecule has 0 saturated heterocycles. The second-order valence-corrected chi connectivity index (χ2v) is 4.07. The molecule has 0 unspecified atom stereocenters. The number of carbonyl (C=O) groups is 1. The summed E-state index contributed by atoms with van der Waals surface area (Å²) in [4.78, 5) is 11.4. The van der Waals surface area contributed by atoms with E-state index >= 15 is 0 Å². The standard InChI is InChI=1S/C13H17N3O2/c1-2-18-13(17)8-9-3-4-11-10(7-9)12(5-6-14)16-15-11/h3-4,7H,2,5-6,8,14H2,1H3,(H,15,16). The highest BCUT2D eigenvalue weighted by molar-refractivity contribution is 5.83. The van der Waals surface area contributed by atoms with Crippen molar-refractivity contribution in [2.24, 2.45) is 5.73 Å². The van der Waals surface area contributed by atoms with Gasteiger partial charge in [0.05, 0.1) is 24.2 Å². The van der Waals surface area contributed by atoms with Crippen molar-refractivity contribution in [2.45, 2.75) is 19.8 Å². The molecule has 5 heteroatoms. The molecule has 0 saturated carbocycles. The highest BCUT2D eigenvalue weighted by Gasteiger charge is 2.08. The van der Waals surface area contributed by atoms with E-state index in [1.54, 1.807) is 6.92 Å². The summed E-state index contributed by atoms with van der Waals surface area (Å²) in [6.45, 7) is 2.77. The molecule has 0 aliphatic carbocycles. The van der Waals surface area contributed by atoms with Gasteiger partial charge in [0.25, 0.3) is 0 Å². The Hall–Kier alpha value is -1.88. The van der Waals surface area contributed by atoms with Gasteiger partial charge in [0.15, 0.2) is 0 Å². The van der Waals surface area contributed by atoms with Crippen LogP contribution in [0.15, 0.2) is 18.2 Å². The van der Waals surface area contributed by atoms with Crippen LogP contribution in [0.1, 0.15) is 18.2 Å². The van der Waals surface area contributed by atoms with Crippen molar-refractivity contribution in [3.05, 3.63) is 29.5 Å². The van der Waals surface area contributed by atoms with Crippen LogP contribution in [0.4, 0.5) is 0 Å². The number of rotatable bonds is 5. The van der Waals surface area contributed by atoms with E-state index in [2.05, 4.69) is 10.2 Å². The highest BCUT2D eigenvalue weighted by Crippen LogP contribution is 2.18. The van der Waals surface area contributed by atoms with E-state index in [0.29, 0.717) is 13.2 Å². The summed E-state index contributed by atoms with van der Waals surface area (Å²) >= 11 is 0. The van der Waals surface area contributed by atoms with Crippen molar-refractivity contribution in [1.29, 1.82) is 0 Å². The number of ether oxygens (including phenoxy) is 1. The number of aromatic nitrogens is 2. The molecule has 5 nitrogen and oxygen atoms in total. The third-order valence-electron chi connectivity index (χ3n) is 2.74. The number of benzene rings is 1. The van der Waals surface area contributed by atoms with E-state index in [1.165, 1.54) is 0 Å². The molecule has 0 aliphatic heterocycles. The van der Waals surface area contributed by atoms with Crippen LogP contribution >= 0.6 is 0 Å². The number of hydrogen-bond acceptors (Lipinski definition) is 4. The summed E-state index contributed by atoms with van der Waals surface area (Å²) in [6, 6.07) is 5.81. The molecule has 2 rings (SSSR count). The molecule has 1 heterocycles. The largest absolute Gasteiger partial charge is 0.466 e. The number of fused-ring (bicyclic) bond motifs is 1. The van der Waals surface area contributed by atoms with Gasteiger partial charge in [-0.05, 0) is 31.2 Å². The van der Waals surface area contributed by atoms with E-state index < -0.39 is 0 Å². The Morgan fingerprint density at radius 2 is 2.33 bits per heavy atom. The van der Waals surface area contributed by atoms with Crippen LogP contribution in [-0.4, -0.2) is 29.3 Å². The zero-order chi connectivity index (χ0) is 13.0. The Morgan fingerprint density at radius 1 is 1.50 bits per heavy atom. The van der Waals surface area contributed by atoms with Crippen LogP contribution < -0.4 is 5.73 Å². The van der Waals surface area contributed by atoms with Crippen molar-refractivity contribution >= 4 is 16.9 Å². The quantitative estimate of drug-likeness (QED) is 0.777. The first-order chi connectivity index (χ1) is 8.74. The number of H-pyrrole nitrogens is 1. The first-order valence-electron chi connectivity index (χ1n) is 6.06. The Morgan fingerprint density at radius 3 is 3.06 bits per heavy atom. The van der Waals surface area contributed by atoms with Gasteiger partial charge in [-0.15, -0.1) is 0 Å². The predicted molar refractivity (Wildman–Crippen MR) is 69.2 cm³/mol. The fraction of sp³-hybridized carbons (Fsp3) is 0.385. The van der Waals surface area contributed by atoms with Gasteiger partial charge in [-0.3, -0.25) is 9.89 Å². The lowest BCUT2D eigenvalue weighted by Crippen LogP contribution is -2.07. The third-order valence-corrected chi connectivity index (χ3v) is 2.74. The fourth-order valence-corrected chi connectivity index (χ4v) is 1.93. The van der Waals surface area contributed by atoms with Crippen LogP contribution in [-0.2, 0) is 22.4 Å². The van der Waals surface area contributed by atoms with Gasteiger partial charge < -0.3 is 10.5 Å². The van der Waals surface area contributed by atoms with E-state index in [1.807, 2.05) is 18.2 Å². The van der Waals surface area contributed by atoms with E-state index in [4.69, 9.17) is 10.5 Å². The van der Waals surface area contributed by atoms with Crippen molar-refractivity contribution in [3.63, 3.8) is 0 Å². The number of carbonyl (C=O) groups excluding carboxylic acids is 1. The molecule has 0 spiro atoms. The maximum absolute atomic E-state index is 11.4. The fourth-order valence-electron chi connectivity index (χ4n) is 1.93. The van der Waals surface area contributed by atoms with Crippen molar-refractivity contribution < 1.29 is 9.53 Å². The molecule has 18 heavy (non-hydrogen) atoms. The minimum Gasteiger partial charge on any atom is -0.466 e. The smallest absolute Gasteiger partial charge is 0.310 e. The third kappa shape index (κ3) is 2.68. The maximum Gasteiger partial charge on any atom is 0.310 e. The average molecular weight is 247 g/mol. The molecule has 1 aromatic heterocycles. The number of aromatic amines is 1. The summed E-state index contributed by atoms with van der Waals surface area (Å²) in [7, 11) is 0. The van der Waals surface area contributed by atoms with Crippen LogP contribution in [0, 0.1) is 0 Å². The van der Waals surface area contributed by atoms with Gasteiger partial charge in [0, 0.05) is 11.8 Å². The zero-order valence-electron chi connectivity index (χ0n) is 10.4. The molecule has 3 N–H and O–H groups in total. The van der Waals surface area contributed by atoms with Crippen molar-refractivity contribution in [2.75, 3.05) is 13.2 Å². The van der Waals surface area contributed by atoms with Crippen molar-refractivity contribution in [1.82, 2.24) is 10.2 Å². The molecule has 96 valence electrons. The van der Waals surface area contributed by atoms with Gasteiger partial charge in [-0.2, -0.15) is 5.10 Å². The first kappa shape index (κ1) is 12.6. The van der Waals surface area contributed by atoms with Gasteiger partial charge in [-0.1, -0.05) is 6.07 Å². The molecule has 0 atom stereocenters. The average Bonchev–Trinajstić information content (AvgIpc) is 2.73. The Bertz CT molecular complexity index is 548. The van der Waals surface area contributed by atoms with Crippen LogP contribution in [0.5, 0.6) is 0 Å². The maximum atomic E-state index is 11.4. The lowest BCUT2D eigenvalue weighted by atomic mass is 10.1. The second-order valence-electron chi connectivity index (χ2n) is 4.07. The lowest BCUT2D eigenvalue weighted by Gasteiger charge is -2.02. The lowest BCUT2D eigenvalue weighted by molar-refractivity contribution is -0.142. The molecule has 0 aliphatic rings. The number of nitrogens with one attached hydrogen (secondary N) is 1. The molecule has 0 fully saturated rings. The van der Waals surface area contributed by atoms with Crippen LogP contribution in [0.25, 0.3) is 10.9 Å². The summed E-state index contributed by atoms with van der Waals surface area (Å²) in [5.41, 5.74) is 8.38. The van der Waals surface area contributed by atoms with E-state index in [0.717, 1.165) is 28.6 Å². The van der Waals surface area contributed by atoms with Gasteiger partial charge in [-0.25, -0.2) is 0 Å².